The molecule has 4 aromatic rings. The summed E-state index contributed by atoms with van der Waals surface area (Å²) in [6.07, 6.45) is 0.140. The first-order valence-electron chi connectivity index (χ1n) is 9.94. The van der Waals surface area contributed by atoms with E-state index in [-0.39, 0.29) is 24.4 Å². The molecule has 31 heavy (non-hydrogen) atoms. The molecule has 0 aliphatic rings. The van der Waals surface area contributed by atoms with Gasteiger partial charge in [-0.3, -0.25) is 4.79 Å². The van der Waals surface area contributed by atoms with Crippen LogP contribution in [0.15, 0.2) is 83.4 Å². The van der Waals surface area contributed by atoms with Crippen molar-refractivity contribution in [3.05, 3.63) is 90.1 Å². The van der Waals surface area contributed by atoms with Crippen molar-refractivity contribution in [1.82, 2.24) is 10.5 Å². The van der Waals surface area contributed by atoms with Crippen LogP contribution in [0.4, 0.5) is 16.2 Å². The van der Waals surface area contributed by atoms with Crippen molar-refractivity contribution < 1.29 is 14.1 Å². The van der Waals surface area contributed by atoms with E-state index in [9.17, 15) is 9.59 Å². The molecule has 3 aromatic carbocycles. The Morgan fingerprint density at radius 3 is 2.26 bits per heavy atom. The molecule has 156 valence electrons. The Morgan fingerprint density at radius 2 is 1.52 bits per heavy atom. The highest BCUT2D eigenvalue weighted by atomic mass is 16.5. The molecule has 0 fully saturated rings. The van der Waals surface area contributed by atoms with Crippen LogP contribution < -0.4 is 16.0 Å². The predicted molar refractivity (Wildman–Crippen MR) is 120 cm³/mol. The van der Waals surface area contributed by atoms with E-state index in [2.05, 4.69) is 21.1 Å². The lowest BCUT2D eigenvalue weighted by Gasteiger charge is -2.15. The molecule has 0 aliphatic heterocycles. The number of para-hydroxylation sites is 2. The Hall–Kier alpha value is -4.13. The maximum atomic E-state index is 12.5. The Kier molecular flexibility index (Phi) is 5.93. The van der Waals surface area contributed by atoms with Crippen LogP contribution in [0.25, 0.3) is 11.0 Å². The highest BCUT2D eigenvalue weighted by Gasteiger charge is 2.15. The van der Waals surface area contributed by atoms with Crippen LogP contribution in [-0.4, -0.2) is 17.1 Å². The molecule has 0 saturated heterocycles. The van der Waals surface area contributed by atoms with E-state index in [1.165, 1.54) is 0 Å². The first-order chi connectivity index (χ1) is 15.1. The fourth-order valence-electron chi connectivity index (χ4n) is 3.26. The molecule has 3 amide bonds. The van der Waals surface area contributed by atoms with Gasteiger partial charge in [0.2, 0.25) is 5.91 Å². The predicted octanol–water partition coefficient (Wildman–Crippen LogP) is 4.89. The number of fused-ring (bicyclic) bond motifs is 1. The van der Waals surface area contributed by atoms with Crippen molar-refractivity contribution in [2.24, 2.45) is 0 Å². The molecule has 0 aliphatic carbocycles. The van der Waals surface area contributed by atoms with Crippen molar-refractivity contribution >= 4 is 34.3 Å². The monoisotopic (exact) mass is 414 g/mol. The smallest absolute Gasteiger partial charge is 0.323 e. The number of carbonyl (C=O) groups excluding carboxylic acids is 2. The molecule has 0 bridgehead atoms. The maximum absolute atomic E-state index is 12.5. The number of hydrogen-bond acceptors (Lipinski definition) is 4. The van der Waals surface area contributed by atoms with Crippen molar-refractivity contribution in [1.29, 1.82) is 0 Å². The number of nitrogens with zero attached hydrogens (tertiary/aromatic N) is 1. The minimum atomic E-state index is -0.319. The number of amides is 3. The number of carbonyl (C=O) groups is 2. The van der Waals surface area contributed by atoms with E-state index < -0.39 is 0 Å². The van der Waals surface area contributed by atoms with E-state index in [0.717, 1.165) is 10.9 Å². The average molecular weight is 414 g/mol. The quantitative estimate of drug-likeness (QED) is 0.418. The van der Waals surface area contributed by atoms with Gasteiger partial charge in [0.1, 0.15) is 5.69 Å². The largest absolute Gasteiger partial charge is 0.356 e. The molecule has 1 atom stereocenters. The Bertz CT molecular complexity index is 1190. The highest BCUT2D eigenvalue weighted by molar-refractivity contribution is 5.99. The second-order valence-electron chi connectivity index (χ2n) is 7.16. The fraction of sp³-hybridized carbons (Fsp3) is 0.125. The van der Waals surface area contributed by atoms with Gasteiger partial charge < -0.3 is 20.5 Å². The Labute approximate surface area is 179 Å². The van der Waals surface area contributed by atoms with Gasteiger partial charge in [-0.25, -0.2) is 4.79 Å². The number of benzene rings is 3. The zero-order valence-electron chi connectivity index (χ0n) is 17.0. The number of nitrogens with one attached hydrogen (secondary N) is 3. The normalized spacial score (nSPS) is 11.6. The topological polar surface area (TPSA) is 96.3 Å². The summed E-state index contributed by atoms with van der Waals surface area (Å²) in [5.41, 5.74) is 3.58. The summed E-state index contributed by atoms with van der Waals surface area (Å²) in [7, 11) is 0. The van der Waals surface area contributed by atoms with Gasteiger partial charge in [0, 0.05) is 16.8 Å². The van der Waals surface area contributed by atoms with Crippen LogP contribution in [0.2, 0.25) is 0 Å². The Morgan fingerprint density at radius 1 is 0.871 bits per heavy atom. The lowest BCUT2D eigenvalue weighted by atomic mass is 10.1. The van der Waals surface area contributed by atoms with Crippen LogP contribution in [0.1, 0.15) is 24.2 Å². The molecule has 7 nitrogen and oxygen atoms in total. The van der Waals surface area contributed by atoms with Gasteiger partial charge in [0.25, 0.3) is 0 Å². The number of rotatable bonds is 6. The van der Waals surface area contributed by atoms with E-state index in [1.54, 1.807) is 12.1 Å². The van der Waals surface area contributed by atoms with Gasteiger partial charge in [-0.05, 0) is 48.9 Å². The highest BCUT2D eigenvalue weighted by Crippen LogP contribution is 2.20. The van der Waals surface area contributed by atoms with E-state index in [4.69, 9.17) is 4.52 Å². The summed E-state index contributed by atoms with van der Waals surface area (Å²) in [6.45, 7) is 1.91. The van der Waals surface area contributed by atoms with Crippen molar-refractivity contribution in [3.8, 4) is 0 Å². The maximum Gasteiger partial charge on any atom is 0.323 e. The fourth-order valence-corrected chi connectivity index (χ4v) is 3.26. The summed E-state index contributed by atoms with van der Waals surface area (Å²) in [5, 5.41) is 13.4. The third-order valence-electron chi connectivity index (χ3n) is 4.86. The van der Waals surface area contributed by atoms with Crippen LogP contribution in [0.3, 0.4) is 0 Å². The third-order valence-corrected chi connectivity index (χ3v) is 4.86. The summed E-state index contributed by atoms with van der Waals surface area (Å²) < 4.78 is 5.25. The van der Waals surface area contributed by atoms with E-state index in [1.807, 2.05) is 73.7 Å². The first-order valence-corrected chi connectivity index (χ1v) is 9.94. The third kappa shape index (κ3) is 5.08. The lowest BCUT2D eigenvalue weighted by molar-refractivity contribution is -0.121. The number of anilines is 2. The summed E-state index contributed by atoms with van der Waals surface area (Å²) >= 11 is 0. The molecule has 4 rings (SSSR count). The van der Waals surface area contributed by atoms with Gasteiger partial charge in [0.05, 0.1) is 12.5 Å². The second-order valence-corrected chi connectivity index (χ2v) is 7.16. The lowest BCUT2D eigenvalue weighted by Crippen LogP contribution is -2.28. The number of hydrogen-bond donors (Lipinski definition) is 3. The second kappa shape index (κ2) is 9.13. The minimum absolute atomic E-state index is 0.140. The minimum Gasteiger partial charge on any atom is -0.356 e. The molecule has 1 aromatic heterocycles. The van der Waals surface area contributed by atoms with E-state index in [0.29, 0.717) is 22.7 Å². The van der Waals surface area contributed by atoms with Crippen LogP contribution >= 0.6 is 0 Å². The van der Waals surface area contributed by atoms with Crippen LogP contribution in [0, 0.1) is 0 Å². The number of aromatic nitrogens is 1. The zero-order valence-corrected chi connectivity index (χ0v) is 17.0. The van der Waals surface area contributed by atoms with Gasteiger partial charge >= 0.3 is 6.03 Å². The van der Waals surface area contributed by atoms with Gasteiger partial charge in [0.15, 0.2) is 5.58 Å². The molecule has 7 heteroatoms. The number of urea groups is 1. The van der Waals surface area contributed by atoms with Gasteiger partial charge in [-0.2, -0.15) is 0 Å². The molecular formula is C24H22N4O3. The molecule has 3 N–H and O–H groups in total. The van der Waals surface area contributed by atoms with Crippen molar-refractivity contribution in [2.45, 2.75) is 19.4 Å². The average Bonchev–Trinajstić information content (AvgIpc) is 3.17. The standard InChI is InChI=1S/C24H22N4O3/c1-16(25-23(29)15-21-20-9-5-6-10-22(20)31-28-21)17-11-13-19(14-12-17)27-24(30)26-18-7-3-2-4-8-18/h2-14,16H,15H2,1H3,(H,25,29)(H2,26,27,30)/t16-/m1/s1. The van der Waals surface area contributed by atoms with Crippen LogP contribution in [0.5, 0.6) is 0 Å². The molecule has 0 unspecified atom stereocenters. The van der Waals surface area contributed by atoms with Crippen molar-refractivity contribution in [2.75, 3.05) is 10.6 Å². The van der Waals surface area contributed by atoms with Gasteiger partial charge in [-0.1, -0.05) is 47.6 Å². The van der Waals surface area contributed by atoms with Crippen molar-refractivity contribution in [3.63, 3.8) is 0 Å². The SMILES string of the molecule is C[C@@H](NC(=O)Cc1noc2ccccc12)c1ccc(NC(=O)Nc2ccccc2)cc1. The van der Waals surface area contributed by atoms with Gasteiger partial charge in [-0.15, -0.1) is 0 Å². The molecular weight excluding hydrogens is 392 g/mol. The zero-order chi connectivity index (χ0) is 21.6. The van der Waals surface area contributed by atoms with Crippen LogP contribution in [-0.2, 0) is 11.2 Å². The summed E-state index contributed by atoms with van der Waals surface area (Å²) in [6, 6.07) is 23.5. The van der Waals surface area contributed by atoms with E-state index >= 15 is 0 Å². The molecule has 0 spiro atoms. The first kappa shape index (κ1) is 20.2. The Balaban J connectivity index is 1.32. The molecule has 0 radical (unpaired) electrons. The summed E-state index contributed by atoms with van der Waals surface area (Å²) in [4.78, 5) is 24.6. The molecule has 1 heterocycles. The summed E-state index contributed by atoms with van der Waals surface area (Å²) in [5.74, 6) is -0.143. The molecule has 0 saturated carbocycles.